The van der Waals surface area contributed by atoms with Crippen molar-refractivity contribution in [2.45, 2.75) is 38.4 Å². The van der Waals surface area contributed by atoms with Crippen LogP contribution in [-0.2, 0) is 19.5 Å². The molecule has 0 saturated carbocycles. The minimum Gasteiger partial charge on any atom is -0.493 e. The molecule has 4 aliphatic heterocycles. The highest BCUT2D eigenvalue weighted by Gasteiger charge is 2.28. The first-order valence-corrected chi connectivity index (χ1v) is 12.1. The molecular formula is C26H33N3O3. The Morgan fingerprint density at radius 3 is 2.44 bits per heavy atom. The molecule has 2 aromatic carbocycles. The van der Waals surface area contributed by atoms with Crippen molar-refractivity contribution in [3.05, 3.63) is 53.1 Å². The third-order valence-corrected chi connectivity index (χ3v) is 7.41. The summed E-state index contributed by atoms with van der Waals surface area (Å²) in [6.45, 7) is 10.2. The molecule has 0 amide bonds. The Morgan fingerprint density at radius 2 is 1.53 bits per heavy atom. The quantitative estimate of drug-likeness (QED) is 0.718. The van der Waals surface area contributed by atoms with Crippen molar-refractivity contribution < 1.29 is 14.2 Å². The van der Waals surface area contributed by atoms with Crippen LogP contribution in [0.5, 0.6) is 17.2 Å². The number of likely N-dealkylation sites (tertiary alicyclic amines) is 1. The van der Waals surface area contributed by atoms with Gasteiger partial charge in [-0.25, -0.2) is 0 Å². The van der Waals surface area contributed by atoms with E-state index in [4.69, 9.17) is 14.2 Å². The fraction of sp³-hybridized carbons (Fsp3) is 0.538. The van der Waals surface area contributed by atoms with Crippen LogP contribution in [0.3, 0.4) is 0 Å². The van der Waals surface area contributed by atoms with Crippen molar-refractivity contribution in [3.8, 4) is 17.2 Å². The van der Waals surface area contributed by atoms with Gasteiger partial charge in [-0.05, 0) is 54.3 Å². The van der Waals surface area contributed by atoms with Crippen LogP contribution in [0, 0.1) is 0 Å². The third-order valence-electron chi connectivity index (χ3n) is 7.41. The number of nitrogens with zero attached hydrogens (tertiary/aromatic N) is 3. The maximum absolute atomic E-state index is 5.67. The summed E-state index contributed by atoms with van der Waals surface area (Å²) in [5.74, 6) is 2.84. The van der Waals surface area contributed by atoms with Gasteiger partial charge in [0.2, 0.25) is 6.79 Å². The summed E-state index contributed by atoms with van der Waals surface area (Å²) < 4.78 is 16.6. The van der Waals surface area contributed by atoms with Crippen molar-refractivity contribution in [1.82, 2.24) is 14.7 Å². The minimum atomic E-state index is 0.344. The molecule has 0 aromatic heterocycles. The van der Waals surface area contributed by atoms with Gasteiger partial charge in [0, 0.05) is 58.3 Å². The number of benzene rings is 2. The first-order valence-electron chi connectivity index (χ1n) is 12.1. The van der Waals surface area contributed by atoms with E-state index in [1.165, 1.54) is 55.7 Å². The lowest BCUT2D eigenvalue weighted by atomic mass is 10.0. The summed E-state index contributed by atoms with van der Waals surface area (Å²) in [5, 5.41) is 0. The topological polar surface area (TPSA) is 37.4 Å². The Morgan fingerprint density at radius 1 is 0.750 bits per heavy atom. The summed E-state index contributed by atoms with van der Waals surface area (Å²) in [4.78, 5) is 7.96. The number of piperidine rings is 1. The van der Waals surface area contributed by atoms with Crippen LogP contribution >= 0.6 is 0 Å². The lowest BCUT2D eigenvalue weighted by molar-refractivity contribution is 0.0477. The molecule has 2 aromatic rings. The summed E-state index contributed by atoms with van der Waals surface area (Å²) in [5.41, 5.74) is 4.13. The Hall–Kier alpha value is -2.28. The molecule has 0 unspecified atom stereocenters. The average molecular weight is 436 g/mol. The lowest BCUT2D eigenvalue weighted by Crippen LogP contribution is -2.54. The molecule has 170 valence electrons. The summed E-state index contributed by atoms with van der Waals surface area (Å²) in [7, 11) is 0. The second-order valence-corrected chi connectivity index (χ2v) is 9.57. The first kappa shape index (κ1) is 20.3. The van der Waals surface area contributed by atoms with Crippen molar-refractivity contribution >= 4 is 0 Å². The van der Waals surface area contributed by atoms with E-state index < -0.39 is 0 Å². The fourth-order valence-electron chi connectivity index (χ4n) is 5.65. The molecule has 0 spiro atoms. The highest BCUT2D eigenvalue weighted by atomic mass is 16.7. The van der Waals surface area contributed by atoms with Gasteiger partial charge in [0.1, 0.15) is 5.75 Å². The number of piperazine rings is 1. The highest BCUT2D eigenvalue weighted by Crippen LogP contribution is 2.33. The Kier molecular flexibility index (Phi) is 5.67. The second-order valence-electron chi connectivity index (χ2n) is 9.57. The van der Waals surface area contributed by atoms with E-state index in [9.17, 15) is 0 Å². The van der Waals surface area contributed by atoms with E-state index in [2.05, 4.69) is 45.0 Å². The first-order chi connectivity index (χ1) is 15.8. The molecule has 2 fully saturated rings. The third kappa shape index (κ3) is 4.32. The highest BCUT2D eigenvalue weighted by molar-refractivity contribution is 5.44. The van der Waals surface area contributed by atoms with E-state index in [1.54, 1.807) is 0 Å². The number of hydrogen-bond acceptors (Lipinski definition) is 6. The average Bonchev–Trinajstić information content (AvgIpc) is 3.48. The van der Waals surface area contributed by atoms with E-state index in [0.717, 1.165) is 56.5 Å². The molecule has 0 aliphatic carbocycles. The molecule has 2 saturated heterocycles. The summed E-state index contributed by atoms with van der Waals surface area (Å²) >= 11 is 0. The van der Waals surface area contributed by atoms with Gasteiger partial charge in [0.25, 0.3) is 0 Å². The van der Waals surface area contributed by atoms with E-state index >= 15 is 0 Å². The van der Waals surface area contributed by atoms with Crippen LogP contribution in [0.25, 0.3) is 0 Å². The molecule has 4 heterocycles. The smallest absolute Gasteiger partial charge is 0.231 e. The predicted octanol–water partition coefficient (Wildman–Crippen LogP) is 3.13. The van der Waals surface area contributed by atoms with E-state index in [0.29, 0.717) is 12.8 Å². The number of rotatable bonds is 5. The van der Waals surface area contributed by atoms with Crippen molar-refractivity contribution in [3.63, 3.8) is 0 Å². The maximum Gasteiger partial charge on any atom is 0.231 e. The molecule has 0 bridgehead atoms. The second kappa shape index (κ2) is 8.93. The van der Waals surface area contributed by atoms with Gasteiger partial charge in [0.15, 0.2) is 11.5 Å². The molecular weight excluding hydrogens is 402 g/mol. The van der Waals surface area contributed by atoms with Crippen LogP contribution in [0.1, 0.15) is 29.5 Å². The van der Waals surface area contributed by atoms with Gasteiger partial charge in [-0.3, -0.25) is 14.7 Å². The van der Waals surface area contributed by atoms with Crippen LogP contribution < -0.4 is 14.2 Å². The largest absolute Gasteiger partial charge is 0.493 e. The molecule has 1 atom stereocenters. The minimum absolute atomic E-state index is 0.344. The van der Waals surface area contributed by atoms with Gasteiger partial charge in [-0.15, -0.1) is 0 Å². The number of hydrogen-bond donors (Lipinski definition) is 0. The zero-order valence-electron chi connectivity index (χ0n) is 18.8. The standard InChI is InChI=1S/C26H33N3O3/c1-2-23(18-28(8-1)17-20-3-5-24-22(14-20)7-13-30-24)29-11-9-27(10-12-29)16-21-4-6-25-26(15-21)32-19-31-25/h3-6,14-15,23H,1-2,7-13,16-19H2/t23-/m1/s1. The van der Waals surface area contributed by atoms with Gasteiger partial charge in [-0.1, -0.05) is 18.2 Å². The predicted molar refractivity (Wildman–Crippen MR) is 123 cm³/mol. The molecule has 0 radical (unpaired) electrons. The zero-order valence-corrected chi connectivity index (χ0v) is 18.8. The van der Waals surface area contributed by atoms with Crippen molar-refractivity contribution in [2.24, 2.45) is 0 Å². The van der Waals surface area contributed by atoms with Gasteiger partial charge in [0.05, 0.1) is 6.61 Å². The van der Waals surface area contributed by atoms with Gasteiger partial charge >= 0.3 is 0 Å². The normalized spacial score (nSPS) is 23.8. The Bertz CT molecular complexity index is 957. The van der Waals surface area contributed by atoms with Crippen LogP contribution in [0.4, 0.5) is 0 Å². The maximum atomic E-state index is 5.67. The van der Waals surface area contributed by atoms with Crippen molar-refractivity contribution in [1.29, 1.82) is 0 Å². The molecule has 32 heavy (non-hydrogen) atoms. The SMILES string of the molecule is c1cc2c(cc1CN1CCN([C@@H]3CCCN(Cc4ccc5c(c4)CCO5)C3)CC1)OCO2. The van der Waals surface area contributed by atoms with Gasteiger partial charge < -0.3 is 14.2 Å². The monoisotopic (exact) mass is 435 g/mol. The molecule has 4 aliphatic rings. The fourth-order valence-corrected chi connectivity index (χ4v) is 5.65. The van der Waals surface area contributed by atoms with E-state index in [-0.39, 0.29) is 0 Å². The molecule has 6 heteroatoms. The van der Waals surface area contributed by atoms with Crippen LogP contribution in [0.2, 0.25) is 0 Å². The lowest BCUT2D eigenvalue weighted by Gasteiger charge is -2.43. The van der Waals surface area contributed by atoms with Gasteiger partial charge in [-0.2, -0.15) is 0 Å². The Balaban J connectivity index is 1.01. The molecule has 6 nitrogen and oxygen atoms in total. The van der Waals surface area contributed by atoms with Crippen molar-refractivity contribution in [2.75, 3.05) is 52.7 Å². The number of ether oxygens (including phenoxy) is 3. The molecule has 0 N–H and O–H groups in total. The molecule has 6 rings (SSSR count). The summed E-state index contributed by atoms with van der Waals surface area (Å²) in [6.07, 6.45) is 3.69. The summed E-state index contributed by atoms with van der Waals surface area (Å²) in [6, 6.07) is 13.8. The van der Waals surface area contributed by atoms with Crippen LogP contribution in [-0.4, -0.2) is 73.4 Å². The Labute approximate surface area is 190 Å². The zero-order chi connectivity index (χ0) is 21.3. The van der Waals surface area contributed by atoms with Crippen LogP contribution in [0.15, 0.2) is 36.4 Å². The number of fused-ring (bicyclic) bond motifs is 2. The van der Waals surface area contributed by atoms with E-state index in [1.807, 2.05) is 6.07 Å².